The van der Waals surface area contributed by atoms with Gasteiger partial charge in [0.2, 0.25) is 0 Å². The quantitative estimate of drug-likeness (QED) is 0.541. The molecule has 1 saturated heterocycles. The zero-order chi connectivity index (χ0) is 11.4. The molecular formula is C4BrF7OS. The minimum absolute atomic E-state index is 1.34. The van der Waals surface area contributed by atoms with Crippen LogP contribution in [-0.4, -0.2) is 21.4 Å². The second-order valence-electron chi connectivity index (χ2n) is 2.27. The van der Waals surface area contributed by atoms with Crippen molar-refractivity contribution in [2.45, 2.75) is 21.4 Å². The molecule has 1 unspecified atom stereocenters. The van der Waals surface area contributed by atoms with Gasteiger partial charge in [0.15, 0.2) is 0 Å². The zero-order valence-corrected chi connectivity index (χ0v) is 8.24. The van der Waals surface area contributed by atoms with Crippen molar-refractivity contribution in [1.29, 1.82) is 0 Å². The number of hydrogen-bond acceptors (Lipinski definition) is 2. The van der Waals surface area contributed by atoms with Gasteiger partial charge in [-0.15, -0.1) is 0 Å². The number of rotatable bonds is 1. The van der Waals surface area contributed by atoms with Gasteiger partial charge in [0, 0.05) is 0 Å². The van der Waals surface area contributed by atoms with Crippen molar-refractivity contribution in [3.8, 4) is 0 Å². The van der Waals surface area contributed by atoms with E-state index in [1.54, 1.807) is 0 Å². The molecule has 0 saturated carbocycles. The summed E-state index contributed by atoms with van der Waals surface area (Å²) in [5.74, 6) is 0. The third-order valence-corrected chi connectivity index (χ3v) is 3.07. The Morgan fingerprint density at radius 3 is 1.64 bits per heavy atom. The Hall–Kier alpha value is 0.300. The molecule has 84 valence electrons. The molecule has 0 spiro atoms. The highest BCUT2D eigenvalue weighted by molar-refractivity contribution is 9.10. The average molecular weight is 309 g/mol. The second-order valence-corrected chi connectivity index (χ2v) is 4.51. The molecule has 0 amide bonds. The van der Waals surface area contributed by atoms with E-state index in [1.165, 1.54) is 15.9 Å². The van der Waals surface area contributed by atoms with Crippen molar-refractivity contribution in [1.82, 2.24) is 0 Å². The summed E-state index contributed by atoms with van der Waals surface area (Å²) in [6.07, 6.45) is -5.27. The Morgan fingerprint density at radius 1 is 1.07 bits per heavy atom. The molecular weight excluding hydrogens is 309 g/mol. The van der Waals surface area contributed by atoms with Crippen LogP contribution in [0.25, 0.3) is 0 Å². The van der Waals surface area contributed by atoms with Gasteiger partial charge >= 0.3 is 21.4 Å². The molecule has 10 heteroatoms. The summed E-state index contributed by atoms with van der Waals surface area (Å²) < 4.78 is 88.8. The van der Waals surface area contributed by atoms with Crippen LogP contribution in [0.4, 0.5) is 30.7 Å². The first-order valence-electron chi connectivity index (χ1n) is 2.83. The lowest BCUT2D eigenvalue weighted by molar-refractivity contribution is -0.354. The maximum absolute atomic E-state index is 12.8. The molecule has 1 heterocycles. The van der Waals surface area contributed by atoms with Crippen LogP contribution in [0.3, 0.4) is 0 Å². The van der Waals surface area contributed by atoms with E-state index in [1.807, 2.05) is 0 Å². The molecule has 0 aliphatic carbocycles. The second kappa shape index (κ2) is 2.91. The molecule has 0 aromatic heterocycles. The summed E-state index contributed by atoms with van der Waals surface area (Å²) in [5, 5.41) is -9.54. The summed E-state index contributed by atoms with van der Waals surface area (Å²) in [5.41, 5.74) is 0. The third-order valence-electron chi connectivity index (χ3n) is 1.20. The highest BCUT2D eigenvalue weighted by Crippen LogP contribution is 2.64. The Labute approximate surface area is 85.1 Å². The summed E-state index contributed by atoms with van der Waals surface area (Å²) in [6, 6.07) is 0. The van der Waals surface area contributed by atoms with Crippen LogP contribution in [-0.2, 0) is 4.74 Å². The molecule has 0 N–H and O–H groups in total. The fourth-order valence-corrected chi connectivity index (χ4v) is 1.66. The largest absolute Gasteiger partial charge is 0.433 e. The van der Waals surface area contributed by atoms with Gasteiger partial charge in [-0.1, -0.05) is 0 Å². The van der Waals surface area contributed by atoms with Crippen LogP contribution in [0, 0.1) is 0 Å². The van der Waals surface area contributed by atoms with Crippen molar-refractivity contribution in [2.24, 2.45) is 0 Å². The van der Waals surface area contributed by atoms with Gasteiger partial charge < -0.3 is 0 Å². The minimum Gasteiger partial charge on any atom is -0.262 e. The Bertz CT molecular complexity index is 235. The van der Waals surface area contributed by atoms with Crippen molar-refractivity contribution in [3.63, 3.8) is 0 Å². The lowest BCUT2D eigenvalue weighted by Gasteiger charge is -2.21. The Balaban J connectivity index is 3.03. The van der Waals surface area contributed by atoms with Crippen LogP contribution in [0.1, 0.15) is 0 Å². The minimum atomic E-state index is -5.27. The van der Waals surface area contributed by atoms with E-state index in [4.69, 9.17) is 0 Å². The summed E-state index contributed by atoms with van der Waals surface area (Å²) in [6.45, 7) is 0. The molecule has 1 atom stereocenters. The van der Waals surface area contributed by atoms with E-state index in [0.29, 0.717) is 0 Å². The molecule has 1 aliphatic rings. The van der Waals surface area contributed by atoms with Crippen LogP contribution >= 0.6 is 27.7 Å². The molecule has 0 bridgehead atoms. The maximum atomic E-state index is 12.8. The Morgan fingerprint density at radius 2 is 1.50 bits per heavy atom. The molecule has 1 aliphatic heterocycles. The topological polar surface area (TPSA) is 9.23 Å². The Kier molecular flexibility index (Phi) is 2.57. The molecule has 14 heavy (non-hydrogen) atoms. The first-order chi connectivity index (χ1) is 5.91. The number of ether oxygens (including phenoxy) is 1. The third kappa shape index (κ3) is 1.71. The van der Waals surface area contributed by atoms with E-state index in [0.717, 1.165) is 0 Å². The lowest BCUT2D eigenvalue weighted by Crippen LogP contribution is -2.39. The van der Waals surface area contributed by atoms with E-state index < -0.39 is 33.1 Å². The highest BCUT2D eigenvalue weighted by atomic mass is 79.9. The van der Waals surface area contributed by atoms with Crippen LogP contribution in [0.2, 0.25) is 0 Å². The van der Waals surface area contributed by atoms with E-state index >= 15 is 0 Å². The van der Waals surface area contributed by atoms with Gasteiger partial charge in [-0.2, -0.15) is 30.7 Å². The first kappa shape index (κ1) is 12.4. The van der Waals surface area contributed by atoms with Gasteiger partial charge in [0.05, 0.1) is 0 Å². The monoisotopic (exact) mass is 308 g/mol. The normalized spacial score (nSPS) is 36.0. The van der Waals surface area contributed by atoms with Crippen LogP contribution in [0.15, 0.2) is 0 Å². The summed E-state index contributed by atoms with van der Waals surface area (Å²) >= 11 is -0.241. The fourth-order valence-electron chi connectivity index (χ4n) is 0.585. The van der Waals surface area contributed by atoms with Gasteiger partial charge in [-0.05, 0) is 27.7 Å². The van der Waals surface area contributed by atoms with Gasteiger partial charge in [0.25, 0.3) is 0 Å². The summed E-state index contributed by atoms with van der Waals surface area (Å²) in [4.78, 5) is -4.64. The predicted molar refractivity (Wildman–Crippen MR) is 36.3 cm³/mol. The van der Waals surface area contributed by atoms with Crippen molar-refractivity contribution in [2.75, 3.05) is 0 Å². The van der Waals surface area contributed by atoms with Gasteiger partial charge in [-0.3, -0.25) is 4.74 Å². The van der Waals surface area contributed by atoms with Crippen LogP contribution in [0.5, 0.6) is 0 Å². The number of thioether (sulfide) groups is 1. The molecule has 0 aromatic carbocycles. The van der Waals surface area contributed by atoms with Crippen molar-refractivity contribution < 1.29 is 35.5 Å². The maximum Gasteiger partial charge on any atom is 0.433 e. The zero-order valence-electron chi connectivity index (χ0n) is 5.84. The lowest BCUT2D eigenvalue weighted by atomic mass is 10.6. The smallest absolute Gasteiger partial charge is 0.262 e. The number of hydrogen-bond donors (Lipinski definition) is 0. The van der Waals surface area contributed by atoms with Crippen LogP contribution < -0.4 is 0 Å². The molecule has 1 rings (SSSR count). The SMILES string of the molecule is FC(F)(Br)C1(F)OC(F)(F)C(F)(F)S1. The standard InChI is InChI=1S/C4BrF7OS/c5-1(6,7)4(12)13-2(8,9)3(10,11)14-4. The van der Waals surface area contributed by atoms with E-state index in [2.05, 4.69) is 4.74 Å². The highest BCUT2D eigenvalue weighted by Gasteiger charge is 2.79. The van der Waals surface area contributed by atoms with Crippen molar-refractivity contribution >= 4 is 27.7 Å². The number of alkyl halides is 8. The molecule has 1 fully saturated rings. The van der Waals surface area contributed by atoms with Crippen molar-refractivity contribution in [3.05, 3.63) is 0 Å². The summed E-state index contributed by atoms with van der Waals surface area (Å²) in [7, 11) is 0. The number of halogens is 8. The molecule has 0 aromatic rings. The van der Waals surface area contributed by atoms with Gasteiger partial charge in [-0.25, -0.2) is 0 Å². The molecule has 1 nitrogen and oxygen atoms in total. The van der Waals surface area contributed by atoms with E-state index in [-0.39, 0.29) is 0 Å². The van der Waals surface area contributed by atoms with Gasteiger partial charge in [0.1, 0.15) is 0 Å². The average Bonchev–Trinajstić information content (AvgIpc) is 1.95. The molecule has 0 radical (unpaired) electrons. The fraction of sp³-hybridized carbons (Fsp3) is 1.00. The van der Waals surface area contributed by atoms with E-state index in [9.17, 15) is 30.7 Å². The first-order valence-corrected chi connectivity index (χ1v) is 4.44. The predicted octanol–water partition coefficient (Wildman–Crippen LogP) is 3.55.